The number of fused-ring (bicyclic) bond motifs is 3. The van der Waals surface area contributed by atoms with Crippen molar-refractivity contribution in [2.24, 2.45) is 0 Å². The molecule has 0 unspecified atom stereocenters. The van der Waals surface area contributed by atoms with Gasteiger partial charge in [0.2, 0.25) is 5.91 Å². The van der Waals surface area contributed by atoms with Crippen molar-refractivity contribution < 1.29 is 4.79 Å². The first-order chi connectivity index (χ1) is 13.1. The lowest BCUT2D eigenvalue weighted by Crippen LogP contribution is -2.29. The lowest BCUT2D eigenvalue weighted by atomic mass is 9.97. The van der Waals surface area contributed by atoms with E-state index in [-0.39, 0.29) is 23.9 Å². The number of nitrogens with zero attached hydrogens (tertiary/aromatic N) is 2. The predicted octanol–water partition coefficient (Wildman–Crippen LogP) is 3.60. The van der Waals surface area contributed by atoms with Crippen molar-refractivity contribution in [3.63, 3.8) is 0 Å². The second kappa shape index (κ2) is 7.64. The number of carbonyl (C=O) groups is 1. The van der Waals surface area contributed by atoms with Gasteiger partial charge in [0.25, 0.3) is 5.56 Å². The molecule has 1 aromatic carbocycles. The van der Waals surface area contributed by atoms with Crippen molar-refractivity contribution in [1.82, 2.24) is 14.9 Å². The molecule has 3 aromatic rings. The summed E-state index contributed by atoms with van der Waals surface area (Å²) in [5.41, 5.74) is 2.24. The zero-order valence-corrected chi connectivity index (χ0v) is 16.2. The predicted molar refractivity (Wildman–Crippen MR) is 108 cm³/mol. The molecule has 0 fully saturated rings. The average molecular weight is 382 g/mol. The summed E-state index contributed by atoms with van der Waals surface area (Å²) in [6.07, 6.45) is 6.18. The molecule has 0 spiro atoms. The molecule has 2 heterocycles. The maximum atomic E-state index is 12.9. The molecule has 140 valence electrons. The van der Waals surface area contributed by atoms with Crippen LogP contribution in [0, 0.1) is 0 Å². The molecule has 1 amide bonds. The van der Waals surface area contributed by atoms with Gasteiger partial charge in [0.1, 0.15) is 4.83 Å². The standard InChI is InChI=1S/C21H23N3O2S/c1-14(15-7-3-2-4-8-15)23-18(25)11-12-24-13-22-20-19(21(24)26)16-9-5-6-10-17(16)27-20/h2-4,7-8,13-14H,5-6,9-12H2,1H3,(H,23,25)/t14-/m1/s1. The SMILES string of the molecule is C[C@@H](NC(=O)CCn1cnc2sc3c(c2c1=O)CCCC3)c1ccccc1. The fraction of sp³-hybridized carbons (Fsp3) is 0.381. The Morgan fingerprint density at radius 2 is 2.04 bits per heavy atom. The van der Waals surface area contributed by atoms with E-state index in [1.54, 1.807) is 22.2 Å². The van der Waals surface area contributed by atoms with Gasteiger partial charge in [0.15, 0.2) is 0 Å². The lowest BCUT2D eigenvalue weighted by molar-refractivity contribution is -0.121. The highest BCUT2D eigenvalue weighted by Crippen LogP contribution is 2.33. The van der Waals surface area contributed by atoms with Crippen molar-refractivity contribution in [1.29, 1.82) is 0 Å². The molecule has 1 atom stereocenters. The Morgan fingerprint density at radius 1 is 1.26 bits per heavy atom. The van der Waals surface area contributed by atoms with E-state index in [1.165, 1.54) is 16.9 Å². The molecule has 4 rings (SSSR count). The molecule has 0 saturated heterocycles. The maximum absolute atomic E-state index is 12.9. The number of rotatable bonds is 5. The lowest BCUT2D eigenvalue weighted by Gasteiger charge is -2.14. The quantitative estimate of drug-likeness (QED) is 0.734. The molecule has 0 bridgehead atoms. The molecular formula is C21H23N3O2S. The van der Waals surface area contributed by atoms with Crippen LogP contribution in [-0.2, 0) is 24.2 Å². The van der Waals surface area contributed by atoms with E-state index < -0.39 is 0 Å². The number of thiophene rings is 1. The van der Waals surface area contributed by atoms with Crippen LogP contribution in [0.4, 0.5) is 0 Å². The highest BCUT2D eigenvalue weighted by atomic mass is 32.1. The molecular weight excluding hydrogens is 358 g/mol. The van der Waals surface area contributed by atoms with Gasteiger partial charge in [0, 0.05) is 17.8 Å². The largest absolute Gasteiger partial charge is 0.350 e. The van der Waals surface area contributed by atoms with E-state index in [2.05, 4.69) is 10.3 Å². The summed E-state index contributed by atoms with van der Waals surface area (Å²) in [5, 5.41) is 3.77. The van der Waals surface area contributed by atoms with Gasteiger partial charge in [-0.15, -0.1) is 11.3 Å². The normalized spacial score (nSPS) is 14.7. The van der Waals surface area contributed by atoms with Crippen molar-refractivity contribution in [3.05, 3.63) is 63.0 Å². The molecule has 0 radical (unpaired) electrons. The number of aryl methyl sites for hydroxylation is 3. The Bertz CT molecular complexity index is 1020. The minimum absolute atomic E-state index is 0.0108. The number of carbonyl (C=O) groups excluding carboxylic acids is 1. The zero-order valence-electron chi connectivity index (χ0n) is 15.4. The van der Waals surface area contributed by atoms with Gasteiger partial charge >= 0.3 is 0 Å². The van der Waals surface area contributed by atoms with Gasteiger partial charge in [0.05, 0.1) is 17.8 Å². The van der Waals surface area contributed by atoms with Crippen molar-refractivity contribution in [2.45, 2.75) is 51.6 Å². The van der Waals surface area contributed by atoms with Gasteiger partial charge in [-0.2, -0.15) is 0 Å². The van der Waals surface area contributed by atoms with E-state index in [9.17, 15) is 9.59 Å². The van der Waals surface area contributed by atoms with Crippen molar-refractivity contribution >= 4 is 27.5 Å². The molecule has 0 saturated carbocycles. The Hall–Kier alpha value is -2.47. The molecule has 5 nitrogen and oxygen atoms in total. The minimum Gasteiger partial charge on any atom is -0.350 e. The molecule has 0 aliphatic heterocycles. The first kappa shape index (κ1) is 17.9. The van der Waals surface area contributed by atoms with Crippen LogP contribution < -0.4 is 10.9 Å². The number of aromatic nitrogens is 2. The summed E-state index contributed by atoms with van der Waals surface area (Å²) >= 11 is 1.65. The molecule has 1 aliphatic carbocycles. The molecule has 2 aromatic heterocycles. The summed E-state index contributed by atoms with van der Waals surface area (Å²) in [5.74, 6) is -0.0642. The highest BCUT2D eigenvalue weighted by molar-refractivity contribution is 7.18. The summed E-state index contributed by atoms with van der Waals surface area (Å²) < 4.78 is 1.58. The summed E-state index contributed by atoms with van der Waals surface area (Å²) in [6.45, 7) is 2.31. The zero-order chi connectivity index (χ0) is 18.8. The Morgan fingerprint density at radius 3 is 2.85 bits per heavy atom. The number of hydrogen-bond donors (Lipinski definition) is 1. The number of hydrogen-bond acceptors (Lipinski definition) is 4. The van der Waals surface area contributed by atoms with Crippen molar-refractivity contribution in [3.8, 4) is 0 Å². The second-order valence-electron chi connectivity index (χ2n) is 7.08. The van der Waals surface area contributed by atoms with E-state index in [0.717, 1.165) is 35.0 Å². The van der Waals surface area contributed by atoms with Crippen molar-refractivity contribution in [2.75, 3.05) is 0 Å². The topological polar surface area (TPSA) is 64.0 Å². The van der Waals surface area contributed by atoms with Gasteiger partial charge < -0.3 is 5.32 Å². The average Bonchev–Trinajstić information content (AvgIpc) is 3.07. The third kappa shape index (κ3) is 3.67. The number of amides is 1. The third-order valence-corrected chi connectivity index (χ3v) is 6.40. The van der Waals surface area contributed by atoms with Gasteiger partial charge in [-0.1, -0.05) is 30.3 Å². The number of benzene rings is 1. The summed E-state index contributed by atoms with van der Waals surface area (Å²) in [7, 11) is 0. The summed E-state index contributed by atoms with van der Waals surface area (Å²) in [4.78, 5) is 31.9. The van der Waals surface area contributed by atoms with E-state index in [0.29, 0.717) is 6.54 Å². The fourth-order valence-corrected chi connectivity index (χ4v) is 4.92. The fourth-order valence-electron chi connectivity index (χ4n) is 3.70. The van der Waals surface area contributed by atoms with Crippen LogP contribution in [0.3, 0.4) is 0 Å². The van der Waals surface area contributed by atoms with Crippen LogP contribution in [0.5, 0.6) is 0 Å². The van der Waals surface area contributed by atoms with Crippen LogP contribution in [-0.4, -0.2) is 15.5 Å². The highest BCUT2D eigenvalue weighted by Gasteiger charge is 2.20. The second-order valence-corrected chi connectivity index (χ2v) is 8.17. The van der Waals surface area contributed by atoms with Gasteiger partial charge in [-0.3, -0.25) is 14.2 Å². The molecule has 1 N–H and O–H groups in total. The minimum atomic E-state index is -0.0642. The monoisotopic (exact) mass is 381 g/mol. The van der Waals surface area contributed by atoms with E-state index in [4.69, 9.17) is 0 Å². The van der Waals surface area contributed by atoms with E-state index >= 15 is 0 Å². The third-order valence-electron chi connectivity index (χ3n) is 5.20. The van der Waals surface area contributed by atoms with Crippen LogP contribution in [0.1, 0.15) is 48.2 Å². The molecule has 27 heavy (non-hydrogen) atoms. The Balaban J connectivity index is 1.47. The Kier molecular flexibility index (Phi) is 5.07. The van der Waals surface area contributed by atoms with Crippen LogP contribution in [0.2, 0.25) is 0 Å². The van der Waals surface area contributed by atoms with Gasteiger partial charge in [-0.05, 0) is 43.7 Å². The number of nitrogens with one attached hydrogen (secondary N) is 1. The van der Waals surface area contributed by atoms with Crippen LogP contribution in [0.15, 0.2) is 41.5 Å². The first-order valence-electron chi connectivity index (χ1n) is 9.47. The Labute approximate surface area is 162 Å². The van der Waals surface area contributed by atoms with Gasteiger partial charge in [-0.25, -0.2) is 4.98 Å². The van der Waals surface area contributed by atoms with E-state index in [1.807, 2.05) is 37.3 Å². The maximum Gasteiger partial charge on any atom is 0.262 e. The summed E-state index contributed by atoms with van der Waals surface area (Å²) in [6, 6.07) is 9.80. The first-order valence-corrected chi connectivity index (χ1v) is 10.3. The molecule has 6 heteroatoms. The molecule has 1 aliphatic rings. The van der Waals surface area contributed by atoms with Crippen LogP contribution >= 0.6 is 11.3 Å². The smallest absolute Gasteiger partial charge is 0.262 e. The van der Waals surface area contributed by atoms with Crippen LogP contribution in [0.25, 0.3) is 10.2 Å².